The zero-order chi connectivity index (χ0) is 21.3. The molecule has 0 aromatic carbocycles. The Morgan fingerprint density at radius 3 is 0.750 bits per heavy atom. The van der Waals surface area contributed by atoms with Crippen LogP contribution >= 0.6 is 0 Å². The molecule has 8 nitrogen and oxygen atoms in total. The molecule has 0 atom stereocenters. The Labute approximate surface area is 175 Å². The van der Waals surface area contributed by atoms with Crippen LogP contribution in [0.3, 0.4) is 0 Å². The quantitative estimate of drug-likeness (QED) is 0.401. The lowest BCUT2D eigenvalue weighted by Crippen LogP contribution is -2.72. The largest absolute Gasteiger partial charge is 0.413 e. The molecular weight excluding hydrogens is 433 g/mol. The summed E-state index contributed by atoms with van der Waals surface area (Å²) in [5, 5.41) is 0. The molecule has 0 unspecified atom stereocenters. The smallest absolute Gasteiger partial charge is 0.344 e. The van der Waals surface area contributed by atoms with Crippen LogP contribution in [0.5, 0.6) is 0 Å². The number of ether oxygens (including phenoxy) is 4. The van der Waals surface area contributed by atoms with Gasteiger partial charge in [-0.3, -0.25) is 0 Å². The van der Waals surface area contributed by atoms with Crippen LogP contribution in [0, 0.1) is 0 Å². The third kappa shape index (κ3) is 8.73. The normalized spacial score (nSPS) is 36.9. The minimum absolute atomic E-state index is 0.420. The second kappa shape index (κ2) is 11.8. The molecule has 28 heavy (non-hydrogen) atoms. The average molecular weight is 473 g/mol. The first-order valence-corrected chi connectivity index (χ1v) is 20.3. The lowest BCUT2D eigenvalue weighted by atomic mass is 10.9. The maximum atomic E-state index is 6.68. The molecule has 0 N–H and O–H groups in total. The molecule has 12 heteroatoms. The monoisotopic (exact) mass is 472 g/mol. The lowest BCUT2D eigenvalue weighted by Gasteiger charge is -2.49. The van der Waals surface area contributed by atoms with Crippen LogP contribution in [0.25, 0.3) is 0 Å². The van der Waals surface area contributed by atoms with E-state index in [0.29, 0.717) is 51.3 Å². The Balaban J connectivity index is 3.24. The summed E-state index contributed by atoms with van der Waals surface area (Å²) < 4.78 is 49.7. The Hall–Kier alpha value is 0.548. The minimum Gasteiger partial charge on any atom is -0.413 e. The fourth-order valence-electron chi connectivity index (χ4n) is 3.30. The average Bonchev–Trinajstić information content (AvgIpc) is 2.60. The van der Waals surface area contributed by atoms with Crippen molar-refractivity contribution in [3.8, 4) is 0 Å². The van der Waals surface area contributed by atoms with Gasteiger partial charge in [0, 0.05) is 26.4 Å². The fourth-order valence-corrected chi connectivity index (χ4v) is 24.3. The molecule has 1 aliphatic rings. The Morgan fingerprint density at radius 1 is 0.429 bits per heavy atom. The van der Waals surface area contributed by atoms with E-state index >= 15 is 0 Å². The van der Waals surface area contributed by atoms with Crippen molar-refractivity contribution in [3.05, 3.63) is 0 Å². The van der Waals surface area contributed by atoms with Crippen LogP contribution in [-0.4, -0.2) is 85.6 Å². The molecule has 1 fully saturated rings. The number of hydrogen-bond donors (Lipinski definition) is 0. The molecule has 168 valence electrons. The molecule has 0 radical (unpaired) electrons. The molecule has 0 saturated carbocycles. The molecule has 1 heterocycles. The van der Waals surface area contributed by atoms with Crippen molar-refractivity contribution in [3.63, 3.8) is 0 Å². The molecule has 0 amide bonds. The number of hydrogen-bond acceptors (Lipinski definition) is 8. The number of rotatable bonds is 12. The highest BCUT2D eigenvalue weighted by Gasteiger charge is 2.57. The van der Waals surface area contributed by atoms with Gasteiger partial charge in [-0.2, -0.15) is 0 Å². The van der Waals surface area contributed by atoms with Gasteiger partial charge in [-0.1, -0.05) is 0 Å². The molecule has 1 rings (SSSR count). The van der Waals surface area contributed by atoms with Crippen LogP contribution in [0.15, 0.2) is 0 Å². The molecule has 0 aliphatic carbocycles. The van der Waals surface area contributed by atoms with Crippen molar-refractivity contribution in [2.24, 2.45) is 0 Å². The van der Waals surface area contributed by atoms with Gasteiger partial charge in [0.15, 0.2) is 0 Å². The molecule has 1 saturated heterocycles. The van der Waals surface area contributed by atoms with Crippen LogP contribution < -0.4 is 0 Å². The third-order valence-electron chi connectivity index (χ3n) is 4.00. The highest BCUT2D eigenvalue weighted by Crippen LogP contribution is 2.31. The van der Waals surface area contributed by atoms with Crippen LogP contribution in [-0.2, 0) is 35.4 Å². The van der Waals surface area contributed by atoms with Crippen molar-refractivity contribution in [1.29, 1.82) is 0 Å². The van der Waals surface area contributed by atoms with Crippen molar-refractivity contribution in [1.82, 2.24) is 0 Å². The second-order valence-electron chi connectivity index (χ2n) is 7.49. The molecular formula is C16H40O8Si4. The van der Waals surface area contributed by atoms with Gasteiger partial charge in [-0.25, -0.2) is 0 Å². The molecule has 0 spiro atoms. The Bertz CT molecular complexity index is 368. The summed E-state index contributed by atoms with van der Waals surface area (Å²) >= 11 is 0. The fraction of sp³-hybridized carbons (Fsp3) is 1.00. The summed E-state index contributed by atoms with van der Waals surface area (Å²) in [6.45, 7) is 18.4. The predicted octanol–water partition coefficient (Wildman–Crippen LogP) is 2.66. The maximum Gasteiger partial charge on any atom is 0.344 e. The van der Waals surface area contributed by atoms with E-state index in [1.807, 2.05) is 53.9 Å². The van der Waals surface area contributed by atoms with Crippen LogP contribution in [0.2, 0.25) is 26.2 Å². The van der Waals surface area contributed by atoms with E-state index in [0.717, 1.165) is 0 Å². The van der Waals surface area contributed by atoms with Crippen molar-refractivity contribution < 1.29 is 35.4 Å². The third-order valence-corrected chi connectivity index (χ3v) is 20.7. The van der Waals surface area contributed by atoms with E-state index < -0.39 is 34.2 Å². The maximum absolute atomic E-state index is 6.68. The van der Waals surface area contributed by atoms with Gasteiger partial charge in [-0.15, -0.1) is 0 Å². The Morgan fingerprint density at radius 2 is 0.607 bits per heavy atom. The van der Waals surface area contributed by atoms with Gasteiger partial charge in [-0.05, 0) is 53.9 Å². The highest BCUT2D eigenvalue weighted by molar-refractivity contribution is 6.93. The van der Waals surface area contributed by atoms with E-state index in [1.165, 1.54) is 0 Å². The molecule has 0 bridgehead atoms. The summed E-state index contributed by atoms with van der Waals surface area (Å²) in [6, 6.07) is 0. The van der Waals surface area contributed by atoms with Crippen molar-refractivity contribution in [2.75, 3.05) is 51.3 Å². The van der Waals surface area contributed by atoms with E-state index in [1.54, 1.807) is 0 Å². The predicted molar refractivity (Wildman–Crippen MR) is 117 cm³/mol. The molecule has 0 aromatic heterocycles. The lowest BCUT2D eigenvalue weighted by molar-refractivity contribution is 0.0971. The van der Waals surface area contributed by atoms with Gasteiger partial charge >= 0.3 is 34.2 Å². The van der Waals surface area contributed by atoms with E-state index in [4.69, 9.17) is 35.4 Å². The van der Waals surface area contributed by atoms with Crippen LogP contribution in [0.1, 0.15) is 27.7 Å². The summed E-state index contributed by atoms with van der Waals surface area (Å²) in [5.41, 5.74) is 0. The highest BCUT2D eigenvalue weighted by atomic mass is 28.5. The first-order chi connectivity index (χ1) is 13.1. The van der Waals surface area contributed by atoms with E-state index in [9.17, 15) is 0 Å². The Kier molecular flexibility index (Phi) is 11.2. The first-order valence-electron chi connectivity index (χ1n) is 10.2. The van der Waals surface area contributed by atoms with Gasteiger partial charge in [0.1, 0.15) is 0 Å². The first kappa shape index (κ1) is 26.6. The second-order valence-corrected chi connectivity index (χ2v) is 21.0. The van der Waals surface area contributed by atoms with Gasteiger partial charge in [0.25, 0.3) is 0 Å². The van der Waals surface area contributed by atoms with E-state index in [-0.39, 0.29) is 0 Å². The zero-order valence-electron chi connectivity index (χ0n) is 18.9. The summed E-state index contributed by atoms with van der Waals surface area (Å²) in [4.78, 5) is 0. The van der Waals surface area contributed by atoms with Crippen LogP contribution in [0.4, 0.5) is 0 Å². The summed E-state index contributed by atoms with van der Waals surface area (Å²) in [6.07, 6.45) is 1.68. The molecule has 0 aromatic rings. The van der Waals surface area contributed by atoms with Crippen molar-refractivity contribution >= 4 is 34.2 Å². The zero-order valence-corrected chi connectivity index (χ0v) is 22.9. The molecule has 1 aliphatic heterocycles. The van der Waals surface area contributed by atoms with Crippen molar-refractivity contribution in [2.45, 2.75) is 53.9 Å². The topological polar surface area (TPSA) is 73.8 Å². The van der Waals surface area contributed by atoms with E-state index in [2.05, 4.69) is 0 Å². The summed E-state index contributed by atoms with van der Waals surface area (Å²) in [5.74, 6) is 0. The van der Waals surface area contributed by atoms with Gasteiger partial charge < -0.3 is 35.4 Å². The SMILES string of the molecule is CCOC[Si]1(C)O[Si](C)(COCC)O[Si](C)(COCC)O[Si](C)(COCC)O1. The minimum atomic E-state index is -2.73. The standard InChI is InChI=1S/C16H40O8Si4/c1-9-17-13-25(5)21-26(6,14-18-10-2)23-28(8,16-20-12-4)24-27(7,22-25)15-19-11-3/h9-16H2,1-8H3. The van der Waals surface area contributed by atoms with Gasteiger partial charge in [0.05, 0.1) is 24.9 Å². The van der Waals surface area contributed by atoms with Gasteiger partial charge in [0.2, 0.25) is 0 Å². The summed E-state index contributed by atoms with van der Waals surface area (Å²) in [7, 11) is -10.9.